The minimum Gasteiger partial charge on any atom is -0.494 e. The van der Waals surface area contributed by atoms with Gasteiger partial charge in [0.15, 0.2) is 6.10 Å². The summed E-state index contributed by atoms with van der Waals surface area (Å²) in [6, 6.07) is 14.1. The molecule has 0 unspecified atom stereocenters. The summed E-state index contributed by atoms with van der Waals surface area (Å²) >= 11 is 5.89. The molecule has 2 aromatic carbocycles. The van der Waals surface area contributed by atoms with E-state index in [0.717, 1.165) is 5.75 Å². The molecule has 116 valence electrons. The number of carbonyl (C=O) groups excluding carboxylic acids is 1. The van der Waals surface area contributed by atoms with Gasteiger partial charge in [0, 0.05) is 10.7 Å². The number of benzene rings is 2. The average Bonchev–Trinajstić information content (AvgIpc) is 2.49. The lowest BCUT2D eigenvalue weighted by Crippen LogP contribution is -2.30. The van der Waals surface area contributed by atoms with Crippen molar-refractivity contribution in [1.29, 1.82) is 0 Å². The Labute approximate surface area is 135 Å². The molecule has 0 aliphatic carbocycles. The van der Waals surface area contributed by atoms with Gasteiger partial charge in [-0.1, -0.05) is 17.7 Å². The molecular formula is C17H18ClNO3. The highest BCUT2D eigenvalue weighted by Gasteiger charge is 2.15. The molecule has 0 saturated heterocycles. The zero-order valence-electron chi connectivity index (χ0n) is 12.5. The molecule has 0 heterocycles. The molecule has 2 aromatic rings. The van der Waals surface area contributed by atoms with Gasteiger partial charge in [-0.3, -0.25) is 4.79 Å². The number of nitrogens with one attached hydrogen (secondary N) is 1. The van der Waals surface area contributed by atoms with Gasteiger partial charge in [0.05, 0.1) is 6.61 Å². The van der Waals surface area contributed by atoms with Gasteiger partial charge in [-0.25, -0.2) is 0 Å². The number of amides is 1. The predicted molar refractivity (Wildman–Crippen MR) is 87.8 cm³/mol. The van der Waals surface area contributed by atoms with Crippen molar-refractivity contribution in [2.24, 2.45) is 0 Å². The van der Waals surface area contributed by atoms with Crippen LogP contribution in [0, 0.1) is 0 Å². The van der Waals surface area contributed by atoms with E-state index < -0.39 is 6.10 Å². The van der Waals surface area contributed by atoms with Crippen molar-refractivity contribution in [2.75, 3.05) is 11.9 Å². The molecule has 0 aromatic heterocycles. The lowest BCUT2D eigenvalue weighted by molar-refractivity contribution is -0.122. The van der Waals surface area contributed by atoms with Gasteiger partial charge in [0.25, 0.3) is 5.91 Å². The predicted octanol–water partition coefficient (Wildman–Crippen LogP) is 4.14. The molecule has 0 aliphatic rings. The summed E-state index contributed by atoms with van der Waals surface area (Å²) in [5, 5.41) is 3.36. The number of carbonyl (C=O) groups is 1. The first-order valence-electron chi connectivity index (χ1n) is 7.04. The Balaban J connectivity index is 1.93. The summed E-state index contributed by atoms with van der Waals surface area (Å²) in [5.41, 5.74) is 0.690. The van der Waals surface area contributed by atoms with E-state index in [1.165, 1.54) is 0 Å². The zero-order chi connectivity index (χ0) is 15.9. The second-order valence-corrected chi connectivity index (χ2v) is 5.10. The van der Waals surface area contributed by atoms with E-state index in [1.54, 1.807) is 43.3 Å². The second kappa shape index (κ2) is 7.71. The standard InChI is InChI=1S/C17H18ClNO3/c1-3-21-15-9-7-14(8-10-15)19-17(20)12(2)22-16-6-4-5-13(18)11-16/h4-12H,3H2,1-2H3,(H,19,20)/t12-/m0/s1. The summed E-state index contributed by atoms with van der Waals surface area (Å²) in [5.74, 6) is 1.09. The Morgan fingerprint density at radius 1 is 1.18 bits per heavy atom. The monoisotopic (exact) mass is 319 g/mol. The van der Waals surface area contributed by atoms with Gasteiger partial charge in [-0.05, 0) is 56.3 Å². The summed E-state index contributed by atoms with van der Waals surface area (Å²) in [7, 11) is 0. The van der Waals surface area contributed by atoms with Gasteiger partial charge in [-0.15, -0.1) is 0 Å². The topological polar surface area (TPSA) is 47.6 Å². The first-order chi connectivity index (χ1) is 10.6. The molecule has 0 bridgehead atoms. The van der Waals surface area contributed by atoms with E-state index in [9.17, 15) is 4.79 Å². The third-order valence-electron chi connectivity index (χ3n) is 2.91. The molecule has 1 N–H and O–H groups in total. The average molecular weight is 320 g/mol. The van der Waals surface area contributed by atoms with Crippen LogP contribution in [0.2, 0.25) is 5.02 Å². The van der Waals surface area contributed by atoms with Crippen molar-refractivity contribution in [3.8, 4) is 11.5 Å². The lowest BCUT2D eigenvalue weighted by atomic mass is 10.2. The Morgan fingerprint density at radius 3 is 2.55 bits per heavy atom. The van der Waals surface area contributed by atoms with Gasteiger partial charge in [0.2, 0.25) is 0 Å². The summed E-state index contributed by atoms with van der Waals surface area (Å²) in [6.07, 6.45) is -0.634. The highest BCUT2D eigenvalue weighted by atomic mass is 35.5. The van der Waals surface area contributed by atoms with Crippen LogP contribution in [0.1, 0.15) is 13.8 Å². The molecule has 1 atom stereocenters. The number of hydrogen-bond donors (Lipinski definition) is 1. The van der Waals surface area contributed by atoms with Crippen molar-refractivity contribution in [2.45, 2.75) is 20.0 Å². The largest absolute Gasteiger partial charge is 0.494 e. The molecular weight excluding hydrogens is 302 g/mol. The molecule has 0 spiro atoms. The Hall–Kier alpha value is -2.20. The fraction of sp³-hybridized carbons (Fsp3) is 0.235. The van der Waals surface area contributed by atoms with Crippen LogP contribution in [-0.2, 0) is 4.79 Å². The van der Waals surface area contributed by atoms with E-state index in [2.05, 4.69) is 5.32 Å². The highest BCUT2D eigenvalue weighted by molar-refractivity contribution is 6.30. The third kappa shape index (κ3) is 4.67. The van der Waals surface area contributed by atoms with Gasteiger partial charge >= 0.3 is 0 Å². The molecule has 2 rings (SSSR count). The number of anilines is 1. The maximum atomic E-state index is 12.1. The van der Waals surface area contributed by atoms with Crippen LogP contribution in [0.3, 0.4) is 0 Å². The molecule has 0 aliphatic heterocycles. The van der Waals surface area contributed by atoms with Crippen LogP contribution < -0.4 is 14.8 Å². The Morgan fingerprint density at radius 2 is 1.91 bits per heavy atom. The van der Waals surface area contributed by atoms with E-state index in [4.69, 9.17) is 21.1 Å². The number of hydrogen-bond acceptors (Lipinski definition) is 3. The number of rotatable bonds is 6. The van der Waals surface area contributed by atoms with Crippen molar-refractivity contribution in [3.63, 3.8) is 0 Å². The van der Waals surface area contributed by atoms with Crippen LogP contribution in [0.25, 0.3) is 0 Å². The number of halogens is 1. The van der Waals surface area contributed by atoms with Crippen LogP contribution in [-0.4, -0.2) is 18.6 Å². The summed E-state index contributed by atoms with van der Waals surface area (Å²) in [6.45, 7) is 4.21. The van der Waals surface area contributed by atoms with E-state index in [-0.39, 0.29) is 5.91 Å². The minimum absolute atomic E-state index is 0.232. The third-order valence-corrected chi connectivity index (χ3v) is 3.15. The van der Waals surface area contributed by atoms with Gasteiger partial charge < -0.3 is 14.8 Å². The second-order valence-electron chi connectivity index (χ2n) is 4.66. The molecule has 4 nitrogen and oxygen atoms in total. The van der Waals surface area contributed by atoms with Crippen molar-refractivity contribution >= 4 is 23.2 Å². The molecule has 0 fully saturated rings. The molecule has 5 heteroatoms. The summed E-state index contributed by atoms with van der Waals surface area (Å²) < 4.78 is 10.9. The normalized spacial score (nSPS) is 11.6. The maximum absolute atomic E-state index is 12.1. The Bertz CT molecular complexity index is 628. The quantitative estimate of drug-likeness (QED) is 0.870. The van der Waals surface area contributed by atoms with E-state index >= 15 is 0 Å². The fourth-order valence-corrected chi connectivity index (χ4v) is 2.02. The zero-order valence-corrected chi connectivity index (χ0v) is 13.3. The van der Waals surface area contributed by atoms with E-state index in [1.807, 2.05) is 19.1 Å². The van der Waals surface area contributed by atoms with Gasteiger partial charge in [0.1, 0.15) is 11.5 Å². The molecule has 1 amide bonds. The van der Waals surface area contributed by atoms with E-state index in [0.29, 0.717) is 23.1 Å². The van der Waals surface area contributed by atoms with Crippen LogP contribution in [0.4, 0.5) is 5.69 Å². The smallest absolute Gasteiger partial charge is 0.265 e. The van der Waals surface area contributed by atoms with Crippen molar-refractivity contribution in [3.05, 3.63) is 53.6 Å². The fourth-order valence-electron chi connectivity index (χ4n) is 1.84. The van der Waals surface area contributed by atoms with Gasteiger partial charge in [-0.2, -0.15) is 0 Å². The number of ether oxygens (including phenoxy) is 2. The Kier molecular flexibility index (Phi) is 5.67. The molecule has 22 heavy (non-hydrogen) atoms. The highest BCUT2D eigenvalue weighted by Crippen LogP contribution is 2.19. The first kappa shape index (κ1) is 16.2. The van der Waals surface area contributed by atoms with Crippen molar-refractivity contribution < 1.29 is 14.3 Å². The van der Waals surface area contributed by atoms with Crippen LogP contribution in [0.5, 0.6) is 11.5 Å². The molecule has 0 radical (unpaired) electrons. The maximum Gasteiger partial charge on any atom is 0.265 e. The van der Waals surface area contributed by atoms with Crippen molar-refractivity contribution in [1.82, 2.24) is 0 Å². The SMILES string of the molecule is CCOc1ccc(NC(=O)[C@H](C)Oc2cccc(Cl)c2)cc1. The molecule has 0 saturated carbocycles. The first-order valence-corrected chi connectivity index (χ1v) is 7.42. The minimum atomic E-state index is -0.634. The van der Waals surface area contributed by atoms with Crippen LogP contribution >= 0.6 is 11.6 Å². The summed E-state index contributed by atoms with van der Waals surface area (Å²) in [4.78, 5) is 12.1. The lowest BCUT2D eigenvalue weighted by Gasteiger charge is -2.15. The van der Waals surface area contributed by atoms with Crippen LogP contribution in [0.15, 0.2) is 48.5 Å².